The highest BCUT2D eigenvalue weighted by atomic mass is 16.5. The number of methoxy groups -OCH3 is 1. The molecule has 43 heavy (non-hydrogen) atoms. The minimum Gasteiger partial charge on any atom is -0.497 e. The van der Waals surface area contributed by atoms with Crippen molar-refractivity contribution in [2.24, 2.45) is 15.4 Å². The van der Waals surface area contributed by atoms with Gasteiger partial charge in [0.1, 0.15) is 12.3 Å². The first-order chi connectivity index (χ1) is 20.9. The lowest BCUT2D eigenvalue weighted by Crippen LogP contribution is -2.44. The van der Waals surface area contributed by atoms with Gasteiger partial charge in [-0.3, -0.25) is 19.4 Å². The maximum atomic E-state index is 13.9. The number of ether oxygens (including phenoxy) is 1. The molecule has 10 heteroatoms. The van der Waals surface area contributed by atoms with E-state index in [1.54, 1.807) is 19.2 Å². The van der Waals surface area contributed by atoms with Gasteiger partial charge in [0, 0.05) is 6.42 Å². The first-order valence-corrected chi connectivity index (χ1v) is 14.1. The molecular formula is C33H28N6O4. The van der Waals surface area contributed by atoms with E-state index in [0.29, 0.717) is 17.9 Å². The molecule has 0 unspecified atom stereocenters. The van der Waals surface area contributed by atoms with Gasteiger partial charge in [0.2, 0.25) is 0 Å². The Labute approximate surface area is 247 Å². The minimum atomic E-state index is -0.991. The van der Waals surface area contributed by atoms with Crippen molar-refractivity contribution in [2.75, 3.05) is 18.6 Å². The van der Waals surface area contributed by atoms with Crippen molar-refractivity contribution in [2.45, 2.75) is 31.5 Å². The molecule has 3 aliphatic rings. The molecule has 3 atom stereocenters. The lowest BCUT2D eigenvalue weighted by atomic mass is 9.97. The van der Waals surface area contributed by atoms with Crippen LogP contribution >= 0.6 is 0 Å². The van der Waals surface area contributed by atoms with E-state index in [9.17, 15) is 14.4 Å². The number of hydrogen-bond donors (Lipinski definition) is 0. The first kappa shape index (κ1) is 26.5. The second-order valence-corrected chi connectivity index (χ2v) is 10.9. The molecule has 0 N–H and O–H groups in total. The average Bonchev–Trinajstić information content (AvgIpc) is 3.73. The zero-order valence-corrected chi connectivity index (χ0v) is 23.6. The predicted octanol–water partition coefficient (Wildman–Crippen LogP) is 4.83. The number of anilines is 1. The van der Waals surface area contributed by atoms with Crippen molar-refractivity contribution in [3.8, 4) is 5.75 Å². The summed E-state index contributed by atoms with van der Waals surface area (Å²) in [4.78, 5) is 41.7. The Hall–Kier alpha value is -5.38. The number of nitrogens with zero attached hydrogens (tertiary/aromatic N) is 6. The van der Waals surface area contributed by atoms with Crippen LogP contribution in [0.4, 0.5) is 5.69 Å². The van der Waals surface area contributed by atoms with Gasteiger partial charge in [-0.15, -0.1) is 0 Å². The molecule has 0 bridgehead atoms. The van der Waals surface area contributed by atoms with Crippen LogP contribution in [0.15, 0.2) is 106 Å². The van der Waals surface area contributed by atoms with Crippen LogP contribution in [0.5, 0.6) is 5.75 Å². The fourth-order valence-electron chi connectivity index (χ4n) is 5.88. The van der Waals surface area contributed by atoms with Crippen LogP contribution in [0.3, 0.4) is 0 Å². The zero-order valence-electron chi connectivity index (χ0n) is 23.6. The quantitative estimate of drug-likeness (QED) is 0.308. The van der Waals surface area contributed by atoms with E-state index < -0.39 is 23.9 Å². The smallest absolute Gasteiger partial charge is 0.264 e. The van der Waals surface area contributed by atoms with Gasteiger partial charge < -0.3 is 4.74 Å². The molecule has 4 aromatic rings. The second kappa shape index (κ2) is 10.5. The van der Waals surface area contributed by atoms with Crippen LogP contribution in [-0.4, -0.2) is 59.2 Å². The van der Waals surface area contributed by atoms with E-state index in [1.807, 2.05) is 73.7 Å². The Balaban J connectivity index is 1.17. The van der Waals surface area contributed by atoms with E-state index in [2.05, 4.69) is 22.5 Å². The van der Waals surface area contributed by atoms with E-state index >= 15 is 0 Å². The van der Waals surface area contributed by atoms with Crippen molar-refractivity contribution < 1.29 is 19.1 Å². The molecule has 0 aliphatic carbocycles. The van der Waals surface area contributed by atoms with Crippen molar-refractivity contribution in [1.82, 2.24) is 10.0 Å². The topological polar surface area (TPSA) is 107 Å². The summed E-state index contributed by atoms with van der Waals surface area (Å²) in [5.74, 6) is -0.553. The summed E-state index contributed by atoms with van der Waals surface area (Å²) in [5, 5.41) is 18.0. The number of carbonyl (C=O) groups is 3. The monoisotopic (exact) mass is 572 g/mol. The summed E-state index contributed by atoms with van der Waals surface area (Å²) in [6.07, 6.45) is 0.503. The van der Waals surface area contributed by atoms with Gasteiger partial charge in [0.15, 0.2) is 12.1 Å². The largest absolute Gasteiger partial charge is 0.497 e. The minimum absolute atomic E-state index is 0.257. The molecule has 1 fully saturated rings. The summed E-state index contributed by atoms with van der Waals surface area (Å²) in [5.41, 5.74) is 4.08. The van der Waals surface area contributed by atoms with Crippen molar-refractivity contribution in [3.05, 3.63) is 108 Å². The van der Waals surface area contributed by atoms with Crippen molar-refractivity contribution >= 4 is 39.9 Å². The third-order valence-electron chi connectivity index (χ3n) is 8.20. The standard InChI is InChI=1S/C33H28N6O4/c1-20-7-13-25(14-8-20)38-32(41)30-31(33(38)42)37(36-34-30)19-29(40)39-28(22-11-15-26(43-2)16-12-22)18-27(35-39)24-10-9-21-5-3-4-6-23(21)17-24/h3-17,28,30-31H,18-19H2,1-2H3/t28-,30+,31+/m0/s1. The fraction of sp³-hybridized carbons (Fsp3) is 0.212. The highest BCUT2D eigenvalue weighted by Crippen LogP contribution is 2.36. The number of hydrazone groups is 1. The number of hydrogen-bond acceptors (Lipinski definition) is 8. The van der Waals surface area contributed by atoms with E-state index in [4.69, 9.17) is 9.84 Å². The van der Waals surface area contributed by atoms with Gasteiger partial charge >= 0.3 is 0 Å². The summed E-state index contributed by atoms with van der Waals surface area (Å²) in [6.45, 7) is 1.67. The van der Waals surface area contributed by atoms with E-state index in [0.717, 1.165) is 38.1 Å². The summed E-state index contributed by atoms with van der Waals surface area (Å²) in [6, 6.07) is 26.6. The van der Waals surface area contributed by atoms with Crippen LogP contribution in [0.1, 0.15) is 29.2 Å². The Morgan fingerprint density at radius 2 is 1.65 bits per heavy atom. The fourth-order valence-corrected chi connectivity index (χ4v) is 5.88. The van der Waals surface area contributed by atoms with Gasteiger partial charge in [-0.1, -0.05) is 71.5 Å². The zero-order chi connectivity index (χ0) is 29.7. The van der Waals surface area contributed by atoms with Crippen molar-refractivity contribution in [3.63, 3.8) is 0 Å². The molecule has 4 aromatic carbocycles. The predicted molar refractivity (Wildman–Crippen MR) is 160 cm³/mol. The molecule has 0 saturated carbocycles. The molecule has 0 radical (unpaired) electrons. The third-order valence-corrected chi connectivity index (χ3v) is 8.20. The molecule has 10 nitrogen and oxygen atoms in total. The van der Waals surface area contributed by atoms with Crippen LogP contribution in [0, 0.1) is 6.92 Å². The number of carbonyl (C=O) groups excluding carboxylic acids is 3. The van der Waals surface area contributed by atoms with Crippen LogP contribution in [0.25, 0.3) is 10.8 Å². The lowest BCUT2D eigenvalue weighted by Gasteiger charge is -2.25. The second-order valence-electron chi connectivity index (χ2n) is 10.9. The molecular weight excluding hydrogens is 544 g/mol. The molecule has 0 spiro atoms. The number of amides is 3. The van der Waals surface area contributed by atoms with Gasteiger partial charge in [0.25, 0.3) is 17.7 Å². The SMILES string of the molecule is COc1ccc([C@@H]2CC(c3ccc4ccccc4c3)=NN2C(=O)CN2N=N[C@H]3C(=O)N(c4ccc(C)cc4)C(=O)[C@@H]32)cc1. The normalized spacial score (nSPS) is 21.1. The summed E-state index contributed by atoms with van der Waals surface area (Å²) in [7, 11) is 1.61. The van der Waals surface area contributed by atoms with Gasteiger partial charge in [-0.05, 0) is 59.2 Å². The van der Waals surface area contributed by atoms with Gasteiger partial charge in [-0.25, -0.2) is 9.91 Å². The van der Waals surface area contributed by atoms with Crippen molar-refractivity contribution in [1.29, 1.82) is 0 Å². The van der Waals surface area contributed by atoms with Crippen LogP contribution in [0.2, 0.25) is 0 Å². The van der Waals surface area contributed by atoms with Crippen LogP contribution < -0.4 is 9.64 Å². The number of aryl methyl sites for hydroxylation is 1. The number of fused-ring (bicyclic) bond motifs is 2. The molecule has 3 amide bonds. The Kier molecular flexibility index (Phi) is 6.46. The van der Waals surface area contributed by atoms with Gasteiger partial charge in [-0.2, -0.15) is 10.2 Å². The molecule has 7 rings (SSSR count). The van der Waals surface area contributed by atoms with E-state index in [-0.39, 0.29) is 18.5 Å². The van der Waals surface area contributed by atoms with Crippen LogP contribution in [-0.2, 0) is 14.4 Å². The number of benzene rings is 4. The number of imide groups is 1. The third kappa shape index (κ3) is 4.61. The molecule has 0 aromatic heterocycles. The Morgan fingerprint density at radius 1 is 0.907 bits per heavy atom. The Morgan fingerprint density at radius 3 is 2.40 bits per heavy atom. The number of rotatable bonds is 6. The molecule has 3 aliphatic heterocycles. The molecule has 1 saturated heterocycles. The lowest BCUT2D eigenvalue weighted by molar-refractivity contribution is -0.135. The summed E-state index contributed by atoms with van der Waals surface area (Å²) < 4.78 is 5.33. The molecule has 214 valence electrons. The maximum Gasteiger partial charge on any atom is 0.264 e. The highest BCUT2D eigenvalue weighted by molar-refractivity contribution is 6.25. The average molecular weight is 573 g/mol. The van der Waals surface area contributed by atoms with E-state index in [1.165, 1.54) is 10.0 Å². The first-order valence-electron chi connectivity index (χ1n) is 14.1. The highest BCUT2D eigenvalue weighted by Gasteiger charge is 2.55. The molecule has 3 heterocycles. The Bertz CT molecular complexity index is 1820. The van der Waals surface area contributed by atoms with Gasteiger partial charge in [0.05, 0.1) is 24.6 Å². The maximum absolute atomic E-state index is 13.9. The summed E-state index contributed by atoms with van der Waals surface area (Å²) >= 11 is 0.